The second-order valence-corrected chi connectivity index (χ2v) is 4.99. The van der Waals surface area contributed by atoms with Crippen LogP contribution in [-0.4, -0.2) is 43.4 Å². The Morgan fingerprint density at radius 1 is 1.38 bits per heavy atom. The number of benzene rings is 1. The van der Waals surface area contributed by atoms with Gasteiger partial charge >= 0.3 is 12.0 Å². The zero-order valence-electron chi connectivity index (χ0n) is 12.0. The fourth-order valence-electron chi connectivity index (χ4n) is 2.49. The monoisotopic (exact) mass is 292 g/mol. The van der Waals surface area contributed by atoms with Crippen LogP contribution in [0, 0.1) is 0 Å². The highest BCUT2D eigenvalue weighted by atomic mass is 16.5. The smallest absolute Gasteiger partial charge is 0.327 e. The molecular weight excluding hydrogens is 272 g/mol. The van der Waals surface area contributed by atoms with Gasteiger partial charge in [0, 0.05) is 32.4 Å². The van der Waals surface area contributed by atoms with Crippen molar-refractivity contribution in [1.29, 1.82) is 0 Å². The van der Waals surface area contributed by atoms with E-state index < -0.39 is 12.0 Å². The van der Waals surface area contributed by atoms with E-state index in [2.05, 4.69) is 5.32 Å². The maximum Gasteiger partial charge on any atom is 0.327 e. The number of unbranched alkanes of at least 4 members (excludes halogenated alkanes) is 1. The molecule has 1 heterocycles. The van der Waals surface area contributed by atoms with Gasteiger partial charge < -0.3 is 15.2 Å². The summed E-state index contributed by atoms with van der Waals surface area (Å²) in [7, 11) is 1.64. The summed E-state index contributed by atoms with van der Waals surface area (Å²) in [6.07, 6.45) is 2.01. The van der Waals surface area contributed by atoms with E-state index in [1.165, 1.54) is 4.90 Å². The third kappa shape index (κ3) is 3.52. The summed E-state index contributed by atoms with van der Waals surface area (Å²) in [4.78, 5) is 25.0. The maximum atomic E-state index is 12.3. The molecule has 0 radical (unpaired) electrons. The Kier molecular flexibility index (Phi) is 5.16. The van der Waals surface area contributed by atoms with E-state index >= 15 is 0 Å². The summed E-state index contributed by atoms with van der Waals surface area (Å²) in [6, 6.07) is 6.11. The summed E-state index contributed by atoms with van der Waals surface area (Å²) < 4.78 is 4.94. The summed E-state index contributed by atoms with van der Waals surface area (Å²) >= 11 is 0. The molecule has 1 aromatic rings. The molecule has 0 fully saturated rings. The molecule has 2 amide bonds. The van der Waals surface area contributed by atoms with Crippen molar-refractivity contribution in [3.05, 3.63) is 29.8 Å². The van der Waals surface area contributed by atoms with Crippen molar-refractivity contribution < 1.29 is 19.4 Å². The second-order valence-electron chi connectivity index (χ2n) is 4.99. The molecule has 2 N–H and O–H groups in total. The van der Waals surface area contributed by atoms with Gasteiger partial charge in [-0.15, -0.1) is 0 Å². The molecule has 1 aromatic carbocycles. The summed E-state index contributed by atoms with van der Waals surface area (Å²) in [5.41, 5.74) is 1.57. The van der Waals surface area contributed by atoms with E-state index in [0.29, 0.717) is 25.3 Å². The quantitative estimate of drug-likeness (QED) is 0.781. The van der Waals surface area contributed by atoms with Crippen LogP contribution >= 0.6 is 0 Å². The number of carbonyl (C=O) groups is 2. The van der Waals surface area contributed by atoms with Crippen molar-refractivity contribution in [2.45, 2.75) is 25.3 Å². The Morgan fingerprint density at radius 3 is 2.86 bits per heavy atom. The molecular formula is C15H20N2O4. The third-order valence-electron chi connectivity index (χ3n) is 3.53. The third-order valence-corrected chi connectivity index (χ3v) is 3.53. The highest BCUT2D eigenvalue weighted by Crippen LogP contribution is 2.32. The molecule has 21 heavy (non-hydrogen) atoms. The molecule has 114 valence electrons. The molecule has 0 aliphatic carbocycles. The number of hydrogen-bond donors (Lipinski definition) is 2. The zero-order valence-corrected chi connectivity index (χ0v) is 12.0. The largest absolute Gasteiger partial charge is 0.480 e. The van der Waals surface area contributed by atoms with Crippen molar-refractivity contribution >= 4 is 17.7 Å². The predicted molar refractivity (Wildman–Crippen MR) is 78.6 cm³/mol. The number of para-hydroxylation sites is 1. The van der Waals surface area contributed by atoms with Gasteiger partial charge in [0.2, 0.25) is 0 Å². The van der Waals surface area contributed by atoms with Crippen LogP contribution in [0.1, 0.15) is 18.4 Å². The lowest BCUT2D eigenvalue weighted by Crippen LogP contribution is -2.48. The van der Waals surface area contributed by atoms with Gasteiger partial charge in [-0.05, 0) is 24.5 Å². The van der Waals surface area contributed by atoms with E-state index in [9.17, 15) is 14.7 Å². The van der Waals surface area contributed by atoms with Gasteiger partial charge in [-0.2, -0.15) is 0 Å². The number of hydrogen-bond acceptors (Lipinski definition) is 3. The normalized spacial score (nSPS) is 16.6. The van der Waals surface area contributed by atoms with Gasteiger partial charge in [0.25, 0.3) is 0 Å². The fourth-order valence-corrected chi connectivity index (χ4v) is 2.49. The fraction of sp³-hybridized carbons (Fsp3) is 0.467. The van der Waals surface area contributed by atoms with E-state index in [-0.39, 0.29) is 6.03 Å². The lowest BCUT2D eigenvalue weighted by molar-refractivity contribution is -0.138. The number of nitrogens with one attached hydrogen (secondary N) is 1. The van der Waals surface area contributed by atoms with Crippen molar-refractivity contribution in [3.8, 4) is 0 Å². The van der Waals surface area contributed by atoms with Gasteiger partial charge in [0.1, 0.15) is 6.04 Å². The number of carboxylic acids is 1. The van der Waals surface area contributed by atoms with E-state index in [0.717, 1.165) is 18.4 Å². The van der Waals surface area contributed by atoms with Crippen LogP contribution < -0.4 is 10.2 Å². The van der Waals surface area contributed by atoms with Crippen molar-refractivity contribution in [1.82, 2.24) is 5.32 Å². The summed E-state index contributed by atoms with van der Waals surface area (Å²) in [5.74, 6) is -0.985. The Balaban J connectivity index is 2.01. The number of ether oxygens (including phenoxy) is 1. The van der Waals surface area contributed by atoms with Crippen LogP contribution in [0.3, 0.4) is 0 Å². The molecule has 1 aliphatic rings. The van der Waals surface area contributed by atoms with Gasteiger partial charge in [-0.25, -0.2) is 9.59 Å². The van der Waals surface area contributed by atoms with E-state index in [1.807, 2.05) is 18.2 Å². The summed E-state index contributed by atoms with van der Waals surface area (Å²) in [5, 5.41) is 12.1. The summed E-state index contributed by atoms with van der Waals surface area (Å²) in [6.45, 7) is 1.16. The first-order valence-corrected chi connectivity index (χ1v) is 7.02. The molecule has 0 saturated carbocycles. The number of urea groups is 1. The molecule has 0 spiro atoms. The highest BCUT2D eigenvalue weighted by molar-refractivity contribution is 6.01. The average Bonchev–Trinajstić information content (AvgIpc) is 2.86. The molecule has 1 aliphatic heterocycles. The number of rotatable bonds is 6. The number of anilines is 1. The average molecular weight is 292 g/mol. The predicted octanol–water partition coefficient (Wildman–Crippen LogP) is 1.64. The number of aliphatic carboxylic acids is 1. The molecule has 0 saturated heterocycles. The molecule has 6 heteroatoms. The molecule has 6 nitrogen and oxygen atoms in total. The minimum Gasteiger partial charge on any atom is -0.480 e. The minimum absolute atomic E-state index is 0.350. The lowest BCUT2D eigenvalue weighted by Gasteiger charge is -2.23. The van der Waals surface area contributed by atoms with Crippen LogP contribution in [0.25, 0.3) is 0 Å². The SMILES string of the molecule is COCCCCNC(=O)N1c2ccccc2C[C@H]1C(=O)O. The lowest BCUT2D eigenvalue weighted by atomic mass is 10.1. The molecule has 2 rings (SSSR count). The molecule has 1 atom stereocenters. The molecule has 0 bridgehead atoms. The second kappa shape index (κ2) is 7.08. The first-order valence-electron chi connectivity index (χ1n) is 7.02. The number of nitrogens with zero attached hydrogens (tertiary/aromatic N) is 1. The highest BCUT2D eigenvalue weighted by Gasteiger charge is 2.38. The standard InChI is InChI=1S/C15H20N2O4/c1-21-9-5-4-8-16-15(20)17-12-7-3-2-6-11(12)10-13(17)14(18)19/h2-3,6-7,13H,4-5,8-10H2,1H3,(H,16,20)(H,18,19)/t13-/m0/s1. The topological polar surface area (TPSA) is 78.9 Å². The van der Waals surface area contributed by atoms with Crippen LogP contribution in [0.4, 0.5) is 10.5 Å². The Morgan fingerprint density at radius 2 is 2.14 bits per heavy atom. The maximum absolute atomic E-state index is 12.3. The molecule has 0 unspecified atom stereocenters. The van der Waals surface area contributed by atoms with Crippen LogP contribution in [-0.2, 0) is 16.0 Å². The number of carbonyl (C=O) groups excluding carboxylic acids is 1. The van der Waals surface area contributed by atoms with Crippen molar-refractivity contribution in [2.24, 2.45) is 0 Å². The van der Waals surface area contributed by atoms with Gasteiger partial charge in [0.15, 0.2) is 0 Å². The number of fused-ring (bicyclic) bond motifs is 1. The first-order chi connectivity index (χ1) is 10.1. The number of amides is 2. The first kappa shape index (κ1) is 15.3. The van der Waals surface area contributed by atoms with Gasteiger partial charge in [-0.3, -0.25) is 4.90 Å². The Labute approximate surface area is 123 Å². The van der Waals surface area contributed by atoms with Gasteiger partial charge in [0.05, 0.1) is 0 Å². The van der Waals surface area contributed by atoms with Crippen LogP contribution in [0.5, 0.6) is 0 Å². The Hall–Kier alpha value is -2.08. The Bertz CT molecular complexity index is 518. The van der Waals surface area contributed by atoms with E-state index in [1.54, 1.807) is 13.2 Å². The van der Waals surface area contributed by atoms with Crippen molar-refractivity contribution in [2.75, 3.05) is 25.2 Å². The van der Waals surface area contributed by atoms with Gasteiger partial charge in [-0.1, -0.05) is 18.2 Å². The van der Waals surface area contributed by atoms with Crippen LogP contribution in [0.15, 0.2) is 24.3 Å². The minimum atomic E-state index is -0.985. The molecule has 0 aromatic heterocycles. The number of methoxy groups -OCH3 is 1. The number of carboxylic acid groups (broad SMARTS) is 1. The van der Waals surface area contributed by atoms with Crippen molar-refractivity contribution in [3.63, 3.8) is 0 Å². The van der Waals surface area contributed by atoms with Crippen LogP contribution in [0.2, 0.25) is 0 Å². The zero-order chi connectivity index (χ0) is 15.2. The van der Waals surface area contributed by atoms with E-state index in [4.69, 9.17) is 4.74 Å².